The Morgan fingerprint density at radius 3 is 2.47 bits per heavy atom. The first-order valence-corrected chi connectivity index (χ1v) is 9.80. The molecule has 0 aliphatic rings. The van der Waals surface area contributed by atoms with Crippen LogP contribution in [0.3, 0.4) is 0 Å². The molecule has 0 aliphatic heterocycles. The van der Waals surface area contributed by atoms with Crippen molar-refractivity contribution in [2.75, 3.05) is 5.32 Å². The van der Waals surface area contributed by atoms with E-state index in [1.54, 1.807) is 47.4 Å². The van der Waals surface area contributed by atoms with Gasteiger partial charge in [-0.25, -0.2) is 9.78 Å². The molecule has 1 N–H and O–H groups in total. The molecule has 156 valence electrons. The molecule has 0 unspecified atom stereocenters. The summed E-state index contributed by atoms with van der Waals surface area (Å²) in [6.45, 7) is 1.89. The van der Waals surface area contributed by atoms with Crippen LogP contribution in [0.1, 0.15) is 16.1 Å². The van der Waals surface area contributed by atoms with Crippen LogP contribution in [0.5, 0.6) is 5.75 Å². The van der Waals surface area contributed by atoms with E-state index in [1.165, 1.54) is 6.20 Å². The minimum Gasteiger partial charge on any atom is -0.423 e. The van der Waals surface area contributed by atoms with Crippen molar-refractivity contribution in [2.45, 2.75) is 6.92 Å². The van der Waals surface area contributed by atoms with Gasteiger partial charge in [-0.15, -0.1) is 5.10 Å². The number of aryl methyl sites for hydroxylation is 1. The van der Waals surface area contributed by atoms with Crippen molar-refractivity contribution in [3.05, 3.63) is 90.6 Å². The van der Waals surface area contributed by atoms with E-state index in [1.807, 2.05) is 37.3 Å². The van der Waals surface area contributed by atoms with E-state index in [9.17, 15) is 4.79 Å². The number of aromatic nitrogens is 6. The Morgan fingerprint density at radius 2 is 1.75 bits per heavy atom. The first-order chi connectivity index (χ1) is 15.7. The second-order valence-corrected chi connectivity index (χ2v) is 6.95. The lowest BCUT2D eigenvalue weighted by Gasteiger charge is -2.10. The molecule has 0 amide bonds. The van der Waals surface area contributed by atoms with Crippen LogP contribution in [0.15, 0.2) is 79.4 Å². The van der Waals surface area contributed by atoms with Crippen molar-refractivity contribution in [3.63, 3.8) is 0 Å². The van der Waals surface area contributed by atoms with Crippen LogP contribution in [0.25, 0.3) is 17.2 Å². The molecule has 0 bridgehead atoms. The quantitative estimate of drug-likeness (QED) is 0.335. The molecule has 0 atom stereocenters. The highest BCUT2D eigenvalue weighted by atomic mass is 16.5. The highest BCUT2D eigenvalue weighted by Crippen LogP contribution is 2.23. The smallest absolute Gasteiger partial charge is 0.345 e. The fourth-order valence-electron chi connectivity index (χ4n) is 3.10. The maximum atomic E-state index is 12.2. The van der Waals surface area contributed by atoms with Gasteiger partial charge in [0.2, 0.25) is 0 Å². The van der Waals surface area contributed by atoms with Crippen LogP contribution < -0.4 is 10.1 Å². The lowest BCUT2D eigenvalue weighted by atomic mass is 10.3. The SMILES string of the molecule is Cc1cc(Nc2ccc(OC(=O)c3cccnc3)cc2)n2nc(-c3cccnc3)nc2n1. The highest BCUT2D eigenvalue weighted by Gasteiger charge is 2.12. The summed E-state index contributed by atoms with van der Waals surface area (Å²) in [4.78, 5) is 29.2. The van der Waals surface area contributed by atoms with Crippen LogP contribution in [0.2, 0.25) is 0 Å². The molecule has 0 fully saturated rings. The zero-order valence-corrected chi connectivity index (χ0v) is 17.0. The number of pyridine rings is 2. The monoisotopic (exact) mass is 423 g/mol. The predicted octanol–water partition coefficient (Wildman–Crippen LogP) is 3.85. The summed E-state index contributed by atoms with van der Waals surface area (Å²) in [5, 5.41) is 7.90. The summed E-state index contributed by atoms with van der Waals surface area (Å²) in [5.74, 6) is 1.69. The Kier molecular flexibility index (Phi) is 4.97. The topological polar surface area (TPSA) is 107 Å². The third-order valence-corrected chi connectivity index (χ3v) is 4.59. The Labute approximate surface area is 182 Å². The predicted molar refractivity (Wildman–Crippen MR) is 118 cm³/mol. The molecule has 1 aromatic carbocycles. The van der Waals surface area contributed by atoms with Gasteiger partial charge >= 0.3 is 5.97 Å². The molecule has 9 heteroatoms. The number of nitrogens with zero attached hydrogens (tertiary/aromatic N) is 6. The molecule has 0 saturated carbocycles. The van der Waals surface area contributed by atoms with Gasteiger partial charge in [-0.05, 0) is 55.5 Å². The van der Waals surface area contributed by atoms with Crippen molar-refractivity contribution >= 4 is 23.3 Å². The third-order valence-electron chi connectivity index (χ3n) is 4.59. The number of nitrogens with one attached hydrogen (secondary N) is 1. The molecule has 0 aliphatic carbocycles. The average molecular weight is 423 g/mol. The van der Waals surface area contributed by atoms with Gasteiger partial charge < -0.3 is 10.1 Å². The fraction of sp³-hybridized carbons (Fsp3) is 0.0435. The van der Waals surface area contributed by atoms with Gasteiger partial charge in [0.15, 0.2) is 5.82 Å². The number of carbonyl (C=O) groups is 1. The normalized spacial score (nSPS) is 10.8. The van der Waals surface area contributed by atoms with Gasteiger partial charge in [-0.1, -0.05) is 0 Å². The molecule has 4 heterocycles. The number of carbonyl (C=O) groups excluding carboxylic acids is 1. The summed E-state index contributed by atoms with van der Waals surface area (Å²) in [7, 11) is 0. The minimum absolute atomic E-state index is 0.389. The van der Waals surface area contributed by atoms with Crippen LogP contribution in [0.4, 0.5) is 11.5 Å². The Bertz CT molecular complexity index is 1390. The number of esters is 1. The largest absolute Gasteiger partial charge is 0.423 e. The maximum absolute atomic E-state index is 12.2. The number of fused-ring (bicyclic) bond motifs is 1. The first kappa shape index (κ1) is 19.3. The van der Waals surface area contributed by atoms with Crippen LogP contribution in [0, 0.1) is 6.92 Å². The Hall–Kier alpha value is -4.66. The molecule has 0 radical (unpaired) electrons. The number of hydrogen-bond donors (Lipinski definition) is 1. The number of rotatable bonds is 5. The van der Waals surface area contributed by atoms with Gasteiger partial charge in [-0.2, -0.15) is 9.50 Å². The van der Waals surface area contributed by atoms with Crippen molar-refractivity contribution in [1.29, 1.82) is 0 Å². The second-order valence-electron chi connectivity index (χ2n) is 6.95. The van der Waals surface area contributed by atoms with E-state index < -0.39 is 5.97 Å². The van der Waals surface area contributed by atoms with Gasteiger partial charge in [-0.3, -0.25) is 9.97 Å². The first-order valence-electron chi connectivity index (χ1n) is 9.80. The van der Waals surface area contributed by atoms with E-state index in [0.717, 1.165) is 16.9 Å². The highest BCUT2D eigenvalue weighted by molar-refractivity contribution is 5.90. The average Bonchev–Trinajstić information content (AvgIpc) is 3.26. The van der Waals surface area contributed by atoms with Crippen molar-refractivity contribution < 1.29 is 9.53 Å². The van der Waals surface area contributed by atoms with E-state index in [0.29, 0.717) is 28.7 Å². The van der Waals surface area contributed by atoms with Crippen molar-refractivity contribution in [2.24, 2.45) is 0 Å². The fourth-order valence-corrected chi connectivity index (χ4v) is 3.10. The molecule has 0 saturated heterocycles. The van der Waals surface area contributed by atoms with Gasteiger partial charge in [0, 0.05) is 47.8 Å². The zero-order valence-electron chi connectivity index (χ0n) is 17.0. The lowest BCUT2D eigenvalue weighted by molar-refractivity contribution is 0.0734. The van der Waals surface area contributed by atoms with Crippen LogP contribution in [-0.2, 0) is 0 Å². The number of ether oxygens (including phenoxy) is 1. The van der Waals surface area contributed by atoms with Gasteiger partial charge in [0.25, 0.3) is 5.78 Å². The summed E-state index contributed by atoms with van der Waals surface area (Å²) in [6.07, 6.45) is 6.48. The Balaban J connectivity index is 1.38. The third kappa shape index (κ3) is 3.99. The Morgan fingerprint density at radius 1 is 0.969 bits per heavy atom. The molecule has 0 spiro atoms. The second kappa shape index (κ2) is 8.23. The van der Waals surface area contributed by atoms with Gasteiger partial charge in [0.1, 0.15) is 11.6 Å². The molecule has 5 aromatic rings. The number of anilines is 2. The van der Waals surface area contributed by atoms with E-state index in [-0.39, 0.29) is 0 Å². The molecule has 9 nitrogen and oxygen atoms in total. The number of hydrogen-bond acceptors (Lipinski definition) is 8. The van der Waals surface area contributed by atoms with Crippen LogP contribution in [-0.4, -0.2) is 35.5 Å². The zero-order chi connectivity index (χ0) is 21.9. The lowest BCUT2D eigenvalue weighted by Crippen LogP contribution is -2.08. The van der Waals surface area contributed by atoms with Crippen molar-refractivity contribution in [1.82, 2.24) is 29.5 Å². The summed E-state index contributed by atoms with van der Waals surface area (Å²) in [5.41, 5.74) is 2.78. The van der Waals surface area contributed by atoms with E-state index >= 15 is 0 Å². The standard InChI is InChI=1S/C23H17N7O2/c1-15-12-20(30-23(26-15)28-21(29-30)16-4-2-10-24-13-16)27-18-6-8-19(9-7-18)32-22(31)17-5-3-11-25-14-17/h2-14,27H,1H3. The summed E-state index contributed by atoms with van der Waals surface area (Å²) >= 11 is 0. The maximum Gasteiger partial charge on any atom is 0.345 e. The molecule has 5 rings (SSSR count). The molecule has 32 heavy (non-hydrogen) atoms. The summed E-state index contributed by atoms with van der Waals surface area (Å²) in [6, 6.07) is 16.0. The van der Waals surface area contributed by atoms with Gasteiger partial charge in [0.05, 0.1) is 5.56 Å². The van der Waals surface area contributed by atoms with E-state index in [2.05, 4.69) is 30.4 Å². The van der Waals surface area contributed by atoms with E-state index in [4.69, 9.17) is 4.74 Å². The molecular weight excluding hydrogens is 406 g/mol. The summed E-state index contributed by atoms with van der Waals surface area (Å²) < 4.78 is 7.04. The molecular formula is C23H17N7O2. The van der Waals surface area contributed by atoms with Crippen molar-refractivity contribution in [3.8, 4) is 17.1 Å². The molecule has 4 aromatic heterocycles. The minimum atomic E-state index is -0.462. The van der Waals surface area contributed by atoms with Crippen LogP contribution >= 0.6 is 0 Å². The number of benzene rings is 1.